The molecule has 1 aromatic heterocycles. The fraction of sp³-hybridized carbons (Fsp3) is 0.250. The van der Waals surface area contributed by atoms with Crippen LogP contribution in [0.2, 0.25) is 10.0 Å². The summed E-state index contributed by atoms with van der Waals surface area (Å²) in [4.78, 5) is 3.79. The molecule has 0 saturated carbocycles. The van der Waals surface area contributed by atoms with Gasteiger partial charge in [0.25, 0.3) is 0 Å². The molecule has 0 aliphatic heterocycles. The van der Waals surface area contributed by atoms with Crippen molar-refractivity contribution in [3.05, 3.63) is 28.0 Å². The number of hydrogen-bond donors (Lipinski definition) is 0. The Labute approximate surface area is 80.7 Å². The highest BCUT2D eigenvalue weighted by atomic mass is 35.5. The molecule has 0 N–H and O–H groups in total. The van der Waals surface area contributed by atoms with Crippen LogP contribution in [0.25, 0.3) is 0 Å². The van der Waals surface area contributed by atoms with Crippen molar-refractivity contribution in [3.8, 4) is 6.07 Å². The van der Waals surface area contributed by atoms with Crippen molar-refractivity contribution < 1.29 is 0 Å². The van der Waals surface area contributed by atoms with E-state index < -0.39 is 0 Å². The fourth-order valence-electron chi connectivity index (χ4n) is 0.900. The van der Waals surface area contributed by atoms with E-state index in [0.717, 1.165) is 0 Å². The van der Waals surface area contributed by atoms with Crippen molar-refractivity contribution >= 4 is 23.2 Å². The van der Waals surface area contributed by atoms with Crippen LogP contribution in [0.5, 0.6) is 0 Å². The highest BCUT2D eigenvalue weighted by Crippen LogP contribution is 2.29. The quantitative estimate of drug-likeness (QED) is 0.700. The van der Waals surface area contributed by atoms with E-state index in [1.54, 1.807) is 6.92 Å². The van der Waals surface area contributed by atoms with Gasteiger partial charge in [0, 0.05) is 18.0 Å². The van der Waals surface area contributed by atoms with Crippen molar-refractivity contribution in [2.45, 2.75) is 12.8 Å². The number of rotatable bonds is 1. The molecule has 0 aliphatic rings. The molecule has 2 nitrogen and oxygen atoms in total. The molecule has 4 heteroatoms. The zero-order chi connectivity index (χ0) is 9.14. The number of hydrogen-bond acceptors (Lipinski definition) is 2. The number of pyridine rings is 1. The van der Waals surface area contributed by atoms with Crippen LogP contribution in [0.3, 0.4) is 0 Å². The summed E-state index contributed by atoms with van der Waals surface area (Å²) in [6, 6.07) is 2.07. The second-order valence-corrected chi connectivity index (χ2v) is 3.18. The van der Waals surface area contributed by atoms with E-state index in [1.165, 1.54) is 12.4 Å². The number of nitriles is 1. The van der Waals surface area contributed by atoms with Gasteiger partial charge in [-0.25, -0.2) is 0 Å². The van der Waals surface area contributed by atoms with E-state index >= 15 is 0 Å². The largest absolute Gasteiger partial charge is 0.262 e. The predicted octanol–water partition coefficient (Wildman–Crippen LogP) is 3.02. The van der Waals surface area contributed by atoms with Gasteiger partial charge in [-0.1, -0.05) is 23.2 Å². The van der Waals surface area contributed by atoms with Gasteiger partial charge in [0.15, 0.2) is 0 Å². The van der Waals surface area contributed by atoms with Gasteiger partial charge in [0.05, 0.1) is 22.0 Å². The van der Waals surface area contributed by atoms with Crippen molar-refractivity contribution in [2.24, 2.45) is 0 Å². The SMILES string of the molecule is CC(C#N)c1c(Cl)cncc1Cl. The van der Waals surface area contributed by atoms with Gasteiger partial charge >= 0.3 is 0 Å². The molecule has 1 atom stereocenters. The summed E-state index contributed by atoms with van der Waals surface area (Å²) >= 11 is 11.6. The minimum atomic E-state index is -0.298. The maximum atomic E-state index is 8.65. The van der Waals surface area contributed by atoms with E-state index in [-0.39, 0.29) is 5.92 Å². The van der Waals surface area contributed by atoms with Crippen LogP contribution in [-0.4, -0.2) is 4.98 Å². The summed E-state index contributed by atoms with van der Waals surface area (Å²) in [5, 5.41) is 9.53. The van der Waals surface area contributed by atoms with Gasteiger partial charge in [0.2, 0.25) is 0 Å². The molecule has 0 aromatic carbocycles. The first-order valence-corrected chi connectivity index (χ1v) is 4.11. The van der Waals surface area contributed by atoms with Crippen molar-refractivity contribution in [1.29, 1.82) is 5.26 Å². The van der Waals surface area contributed by atoms with E-state index in [1.807, 2.05) is 0 Å². The zero-order valence-corrected chi connectivity index (χ0v) is 7.89. The van der Waals surface area contributed by atoms with Crippen LogP contribution in [0, 0.1) is 11.3 Å². The molecule has 62 valence electrons. The summed E-state index contributed by atoms with van der Waals surface area (Å²) in [6.07, 6.45) is 2.97. The van der Waals surface area contributed by atoms with E-state index in [9.17, 15) is 0 Å². The van der Waals surface area contributed by atoms with Crippen LogP contribution in [0.15, 0.2) is 12.4 Å². The lowest BCUT2D eigenvalue weighted by atomic mass is 10.0. The average molecular weight is 201 g/mol. The Hall–Kier alpha value is -0.780. The number of aromatic nitrogens is 1. The molecule has 1 unspecified atom stereocenters. The third-order valence-electron chi connectivity index (χ3n) is 1.52. The lowest BCUT2D eigenvalue weighted by Gasteiger charge is -2.06. The molecule has 0 fully saturated rings. The average Bonchev–Trinajstić information content (AvgIpc) is 2.03. The molecular weight excluding hydrogens is 195 g/mol. The number of halogens is 2. The molecular formula is C8H6Cl2N2. The van der Waals surface area contributed by atoms with Gasteiger partial charge in [0.1, 0.15) is 0 Å². The summed E-state index contributed by atoms with van der Waals surface area (Å²) in [7, 11) is 0. The summed E-state index contributed by atoms with van der Waals surface area (Å²) in [5.74, 6) is -0.298. The smallest absolute Gasteiger partial charge is 0.0715 e. The molecule has 0 saturated heterocycles. The van der Waals surface area contributed by atoms with Crippen LogP contribution < -0.4 is 0 Å². The van der Waals surface area contributed by atoms with Crippen LogP contribution in [0.4, 0.5) is 0 Å². The fourth-order valence-corrected chi connectivity index (χ4v) is 1.59. The molecule has 0 bridgehead atoms. The normalized spacial score (nSPS) is 12.2. The van der Waals surface area contributed by atoms with Crippen molar-refractivity contribution in [2.75, 3.05) is 0 Å². The first kappa shape index (κ1) is 9.31. The predicted molar refractivity (Wildman–Crippen MR) is 48.3 cm³/mol. The molecule has 0 amide bonds. The minimum absolute atomic E-state index is 0.298. The molecule has 1 rings (SSSR count). The summed E-state index contributed by atoms with van der Waals surface area (Å²) in [6.45, 7) is 1.74. The first-order chi connectivity index (χ1) is 5.66. The Morgan fingerprint density at radius 2 is 1.92 bits per heavy atom. The van der Waals surface area contributed by atoms with Crippen molar-refractivity contribution in [3.63, 3.8) is 0 Å². The maximum absolute atomic E-state index is 8.65. The molecule has 12 heavy (non-hydrogen) atoms. The molecule has 1 heterocycles. The molecule has 0 spiro atoms. The minimum Gasteiger partial charge on any atom is -0.262 e. The van der Waals surface area contributed by atoms with E-state index in [2.05, 4.69) is 11.1 Å². The van der Waals surface area contributed by atoms with Crippen LogP contribution in [0.1, 0.15) is 18.4 Å². The molecule has 0 radical (unpaired) electrons. The first-order valence-electron chi connectivity index (χ1n) is 3.35. The van der Waals surface area contributed by atoms with Gasteiger partial charge in [-0.3, -0.25) is 4.98 Å². The number of nitrogens with zero attached hydrogens (tertiary/aromatic N) is 2. The Bertz CT molecular complexity index is 310. The topological polar surface area (TPSA) is 36.7 Å². The Morgan fingerprint density at radius 1 is 1.42 bits per heavy atom. The van der Waals surface area contributed by atoms with Gasteiger partial charge in [-0.05, 0) is 6.92 Å². The lowest BCUT2D eigenvalue weighted by Crippen LogP contribution is -1.93. The lowest BCUT2D eigenvalue weighted by molar-refractivity contribution is 0.975. The van der Waals surface area contributed by atoms with Crippen molar-refractivity contribution in [1.82, 2.24) is 4.98 Å². The zero-order valence-electron chi connectivity index (χ0n) is 6.38. The summed E-state index contributed by atoms with van der Waals surface area (Å²) < 4.78 is 0. The highest BCUT2D eigenvalue weighted by molar-refractivity contribution is 6.35. The highest BCUT2D eigenvalue weighted by Gasteiger charge is 2.12. The van der Waals surface area contributed by atoms with E-state index in [0.29, 0.717) is 15.6 Å². The third-order valence-corrected chi connectivity index (χ3v) is 2.12. The van der Waals surface area contributed by atoms with Crippen LogP contribution >= 0.6 is 23.2 Å². The standard InChI is InChI=1S/C8H6Cl2N2/c1-5(2-11)8-6(9)3-12-4-7(8)10/h3-5H,1H3. The summed E-state index contributed by atoms with van der Waals surface area (Å²) in [5.41, 5.74) is 0.649. The Morgan fingerprint density at radius 3 is 2.33 bits per heavy atom. The van der Waals surface area contributed by atoms with Gasteiger partial charge in [-0.2, -0.15) is 5.26 Å². The third kappa shape index (κ3) is 1.69. The molecule has 0 aliphatic carbocycles. The Kier molecular flexibility index (Phi) is 2.91. The van der Waals surface area contributed by atoms with Gasteiger partial charge < -0.3 is 0 Å². The maximum Gasteiger partial charge on any atom is 0.0715 e. The Balaban J connectivity index is 3.23. The van der Waals surface area contributed by atoms with E-state index in [4.69, 9.17) is 28.5 Å². The second-order valence-electron chi connectivity index (χ2n) is 2.37. The van der Waals surface area contributed by atoms with Crippen LogP contribution in [-0.2, 0) is 0 Å². The van der Waals surface area contributed by atoms with Gasteiger partial charge in [-0.15, -0.1) is 0 Å². The molecule has 1 aromatic rings. The monoisotopic (exact) mass is 200 g/mol. The second kappa shape index (κ2) is 3.75.